The summed E-state index contributed by atoms with van der Waals surface area (Å²) < 4.78 is 5.90. The number of hydrogen-bond donors (Lipinski definition) is 2. The molecule has 3 aliphatic rings. The Kier molecular flexibility index (Phi) is 3.53. The van der Waals surface area contributed by atoms with Crippen molar-refractivity contribution < 1.29 is 24.2 Å². The van der Waals surface area contributed by atoms with Crippen LogP contribution in [0.4, 0.5) is 0 Å². The largest absolute Gasteiger partial charge is 0.490 e. The predicted molar refractivity (Wildman–Crippen MR) is 82.1 cm³/mol. The Morgan fingerprint density at radius 3 is 2.71 bits per heavy atom. The van der Waals surface area contributed by atoms with Gasteiger partial charge in [-0.3, -0.25) is 19.7 Å². The zero-order valence-corrected chi connectivity index (χ0v) is 13.0. The Morgan fingerprint density at radius 2 is 2.00 bits per heavy atom. The van der Waals surface area contributed by atoms with E-state index in [9.17, 15) is 19.5 Å². The molecule has 4 rings (SSSR count). The standard InChI is InChI=1S/C17H18N2O5/c20-9-6-10(7-9)24-14-3-1-2-11-12(14)8-19(17(11)23)13-4-5-15(21)18-16(13)22/h1-3,9-10,13,20H,4-8H2,(H,18,21,22). The number of aliphatic hydroxyl groups is 1. The van der Waals surface area contributed by atoms with Crippen LogP contribution in [0, 0.1) is 0 Å². The lowest BCUT2D eigenvalue weighted by atomic mass is 9.92. The summed E-state index contributed by atoms with van der Waals surface area (Å²) in [5.41, 5.74) is 1.31. The van der Waals surface area contributed by atoms with E-state index in [0.29, 0.717) is 37.1 Å². The Morgan fingerprint density at radius 1 is 1.21 bits per heavy atom. The lowest BCUT2D eigenvalue weighted by Gasteiger charge is -2.32. The molecular formula is C17H18N2O5. The molecule has 1 aliphatic carbocycles. The lowest BCUT2D eigenvalue weighted by molar-refractivity contribution is -0.136. The summed E-state index contributed by atoms with van der Waals surface area (Å²) in [4.78, 5) is 37.5. The number of aliphatic hydroxyl groups excluding tert-OH is 1. The van der Waals surface area contributed by atoms with Crippen molar-refractivity contribution in [3.63, 3.8) is 0 Å². The second-order valence-corrected chi connectivity index (χ2v) is 6.55. The highest BCUT2D eigenvalue weighted by Gasteiger charge is 2.40. The minimum atomic E-state index is -0.624. The lowest BCUT2D eigenvalue weighted by Crippen LogP contribution is -2.52. The van der Waals surface area contributed by atoms with Gasteiger partial charge in [0.2, 0.25) is 11.8 Å². The third-order valence-corrected chi connectivity index (χ3v) is 4.90. The number of rotatable bonds is 3. The highest BCUT2D eigenvalue weighted by molar-refractivity contribution is 6.05. The van der Waals surface area contributed by atoms with Crippen molar-refractivity contribution in [1.29, 1.82) is 0 Å². The van der Waals surface area contributed by atoms with E-state index in [2.05, 4.69) is 5.32 Å². The average Bonchev–Trinajstić information content (AvgIpc) is 2.84. The van der Waals surface area contributed by atoms with E-state index in [1.165, 1.54) is 4.90 Å². The van der Waals surface area contributed by atoms with E-state index < -0.39 is 11.9 Å². The van der Waals surface area contributed by atoms with E-state index in [1.54, 1.807) is 12.1 Å². The third kappa shape index (κ3) is 2.45. The second kappa shape index (κ2) is 5.59. The molecule has 1 unspecified atom stereocenters. The number of nitrogens with zero attached hydrogens (tertiary/aromatic N) is 1. The van der Waals surface area contributed by atoms with Gasteiger partial charge in [0.05, 0.1) is 12.6 Å². The van der Waals surface area contributed by atoms with Crippen molar-refractivity contribution in [3.05, 3.63) is 29.3 Å². The van der Waals surface area contributed by atoms with Gasteiger partial charge in [-0.05, 0) is 18.6 Å². The van der Waals surface area contributed by atoms with Crippen LogP contribution < -0.4 is 10.1 Å². The average molecular weight is 330 g/mol. The monoisotopic (exact) mass is 330 g/mol. The minimum absolute atomic E-state index is 0.0359. The molecule has 24 heavy (non-hydrogen) atoms. The molecule has 2 N–H and O–H groups in total. The van der Waals surface area contributed by atoms with Crippen molar-refractivity contribution in [2.24, 2.45) is 0 Å². The van der Waals surface area contributed by atoms with Crippen LogP contribution in [0.1, 0.15) is 41.6 Å². The normalized spacial score (nSPS) is 29.1. The summed E-state index contributed by atoms with van der Waals surface area (Å²) in [7, 11) is 0. The fourth-order valence-electron chi connectivity index (χ4n) is 3.48. The van der Waals surface area contributed by atoms with E-state index in [4.69, 9.17) is 4.74 Å². The molecule has 7 nitrogen and oxygen atoms in total. The number of ether oxygens (including phenoxy) is 1. The molecule has 7 heteroatoms. The number of piperidine rings is 1. The number of carbonyl (C=O) groups is 3. The second-order valence-electron chi connectivity index (χ2n) is 6.55. The molecule has 0 aromatic heterocycles. The predicted octanol–water partition coefficient (Wildman–Crippen LogP) is 0.350. The first kappa shape index (κ1) is 15.1. The summed E-state index contributed by atoms with van der Waals surface area (Å²) in [6, 6.07) is 4.67. The number of carbonyl (C=O) groups excluding carboxylic acids is 3. The van der Waals surface area contributed by atoms with E-state index >= 15 is 0 Å². The number of benzene rings is 1. The highest BCUT2D eigenvalue weighted by atomic mass is 16.5. The van der Waals surface area contributed by atoms with Crippen LogP contribution in [0.5, 0.6) is 5.75 Å². The Bertz CT molecular complexity index is 726. The van der Waals surface area contributed by atoms with E-state index in [0.717, 1.165) is 5.56 Å². The maximum atomic E-state index is 12.7. The summed E-state index contributed by atoms with van der Waals surface area (Å²) in [5, 5.41) is 11.7. The first-order chi connectivity index (χ1) is 11.5. The number of hydrogen-bond acceptors (Lipinski definition) is 5. The first-order valence-corrected chi connectivity index (χ1v) is 8.14. The van der Waals surface area contributed by atoms with Crippen LogP contribution in [0.15, 0.2) is 18.2 Å². The van der Waals surface area contributed by atoms with Crippen molar-refractivity contribution in [1.82, 2.24) is 10.2 Å². The van der Waals surface area contributed by atoms with Crippen LogP contribution in [0.25, 0.3) is 0 Å². The van der Waals surface area contributed by atoms with Crippen LogP contribution >= 0.6 is 0 Å². The summed E-state index contributed by atoms with van der Waals surface area (Å²) in [5.74, 6) is -0.295. The van der Waals surface area contributed by atoms with Crippen molar-refractivity contribution >= 4 is 17.7 Å². The van der Waals surface area contributed by atoms with Gasteiger partial charge >= 0.3 is 0 Å². The quantitative estimate of drug-likeness (QED) is 0.780. The van der Waals surface area contributed by atoms with Crippen molar-refractivity contribution in [2.45, 2.75) is 50.5 Å². The van der Waals surface area contributed by atoms with E-state index in [1.807, 2.05) is 6.07 Å². The van der Waals surface area contributed by atoms with Gasteiger partial charge in [0, 0.05) is 30.4 Å². The molecule has 2 aliphatic heterocycles. The van der Waals surface area contributed by atoms with Gasteiger partial charge in [0.15, 0.2) is 0 Å². The van der Waals surface area contributed by atoms with Crippen LogP contribution in [0.2, 0.25) is 0 Å². The topological polar surface area (TPSA) is 95.9 Å². The van der Waals surface area contributed by atoms with Gasteiger partial charge in [-0.1, -0.05) is 6.07 Å². The zero-order chi connectivity index (χ0) is 16.8. The zero-order valence-electron chi connectivity index (χ0n) is 13.0. The summed E-state index contributed by atoms with van der Waals surface area (Å²) in [6.07, 6.45) is 1.41. The Labute approximate surface area is 138 Å². The molecule has 2 heterocycles. The van der Waals surface area contributed by atoms with Gasteiger partial charge in [-0.2, -0.15) is 0 Å². The SMILES string of the molecule is O=C1CCC(N2Cc3c(OC4CC(O)C4)cccc3C2=O)C(=O)N1. The summed E-state index contributed by atoms with van der Waals surface area (Å²) in [6.45, 7) is 0.298. The molecule has 1 aromatic carbocycles. The molecule has 126 valence electrons. The van der Waals surface area contributed by atoms with Gasteiger partial charge < -0.3 is 14.7 Å². The molecular weight excluding hydrogens is 312 g/mol. The number of fused-ring (bicyclic) bond motifs is 1. The Hall–Kier alpha value is -2.41. The molecule has 0 bridgehead atoms. The molecule has 1 atom stereocenters. The van der Waals surface area contributed by atoms with E-state index in [-0.39, 0.29) is 30.4 Å². The fourth-order valence-corrected chi connectivity index (χ4v) is 3.48. The molecule has 3 amide bonds. The molecule has 1 saturated heterocycles. The van der Waals surface area contributed by atoms with Crippen LogP contribution in [0.3, 0.4) is 0 Å². The van der Waals surface area contributed by atoms with Gasteiger partial charge in [-0.25, -0.2) is 0 Å². The van der Waals surface area contributed by atoms with Crippen molar-refractivity contribution in [2.75, 3.05) is 0 Å². The highest BCUT2D eigenvalue weighted by Crippen LogP contribution is 2.35. The third-order valence-electron chi connectivity index (χ3n) is 4.90. The smallest absolute Gasteiger partial charge is 0.255 e. The molecule has 1 aromatic rings. The maximum Gasteiger partial charge on any atom is 0.255 e. The first-order valence-electron chi connectivity index (χ1n) is 8.14. The van der Waals surface area contributed by atoms with Crippen LogP contribution in [-0.2, 0) is 16.1 Å². The number of nitrogens with one attached hydrogen (secondary N) is 1. The van der Waals surface area contributed by atoms with Gasteiger partial charge in [-0.15, -0.1) is 0 Å². The summed E-state index contributed by atoms with van der Waals surface area (Å²) >= 11 is 0. The van der Waals surface area contributed by atoms with Crippen LogP contribution in [-0.4, -0.2) is 46.0 Å². The number of amides is 3. The molecule has 1 saturated carbocycles. The maximum absolute atomic E-state index is 12.7. The van der Waals surface area contributed by atoms with Gasteiger partial charge in [0.25, 0.3) is 5.91 Å². The molecule has 0 spiro atoms. The van der Waals surface area contributed by atoms with Crippen molar-refractivity contribution in [3.8, 4) is 5.75 Å². The minimum Gasteiger partial charge on any atom is -0.490 e. The molecule has 2 fully saturated rings. The number of imide groups is 1. The fraction of sp³-hybridized carbons (Fsp3) is 0.471. The Balaban J connectivity index is 1.55. The molecule has 0 radical (unpaired) electrons. The van der Waals surface area contributed by atoms with Gasteiger partial charge in [0.1, 0.15) is 17.9 Å².